The van der Waals surface area contributed by atoms with E-state index in [9.17, 15) is 39.9 Å². The summed E-state index contributed by atoms with van der Waals surface area (Å²) in [6.07, 6.45) is 0.790. The number of rotatable bonds is 4. The molecule has 0 radical (unpaired) electrons. The largest absolute Gasteiger partial charge is 0.511 e. The van der Waals surface area contributed by atoms with Crippen molar-refractivity contribution in [1.29, 1.82) is 0 Å². The molecular weight excluding hydrogens is 502 g/mol. The minimum atomic E-state index is -5.89. The lowest BCUT2D eigenvalue weighted by atomic mass is 9.64. The van der Waals surface area contributed by atoms with E-state index in [0.29, 0.717) is 36.9 Å². The molecule has 2 aromatic rings. The van der Waals surface area contributed by atoms with E-state index in [2.05, 4.69) is 9.97 Å². The molecule has 2 N–H and O–H groups in total. The Balaban J connectivity index is 1.71. The molecule has 3 aliphatic carbocycles. The second-order valence-electron chi connectivity index (χ2n) is 9.60. The summed E-state index contributed by atoms with van der Waals surface area (Å²) < 4.78 is 107. The number of hydrogen-bond acceptors (Lipinski definition) is 5. The third kappa shape index (κ3) is 3.85. The van der Waals surface area contributed by atoms with Gasteiger partial charge in [0.25, 0.3) is 0 Å². The first-order valence-electron chi connectivity index (χ1n) is 11.0. The third-order valence-corrected chi connectivity index (χ3v) is 9.18. The lowest BCUT2D eigenvalue weighted by Gasteiger charge is -2.50. The van der Waals surface area contributed by atoms with E-state index in [1.54, 1.807) is 4.90 Å². The Labute approximate surface area is 196 Å². The van der Waals surface area contributed by atoms with E-state index in [-0.39, 0.29) is 16.5 Å². The molecule has 2 heterocycles. The van der Waals surface area contributed by atoms with Gasteiger partial charge in [0.05, 0.1) is 24.1 Å². The number of nitrogens with one attached hydrogen (secondary N) is 1. The molecule has 6 rings (SSSR count). The number of nitrogens with zero attached hydrogens (tertiary/aromatic N) is 3. The maximum Gasteiger partial charge on any atom is 0.511 e. The number of fused-ring (bicyclic) bond motifs is 2. The Morgan fingerprint density at radius 2 is 1.89 bits per heavy atom. The molecule has 7 nitrogen and oxygen atoms in total. The van der Waals surface area contributed by atoms with Crippen molar-refractivity contribution in [2.75, 3.05) is 11.4 Å². The number of sulfonamides is 1. The molecule has 35 heavy (non-hydrogen) atoms. The number of imidazole rings is 1. The fourth-order valence-electron chi connectivity index (χ4n) is 6.01. The van der Waals surface area contributed by atoms with Gasteiger partial charge >= 0.3 is 21.7 Å². The first kappa shape index (κ1) is 24.2. The summed E-state index contributed by atoms with van der Waals surface area (Å²) in [5.41, 5.74) is -7.48. The van der Waals surface area contributed by atoms with Crippen LogP contribution in [0.3, 0.4) is 0 Å². The van der Waals surface area contributed by atoms with Crippen LogP contribution in [0.15, 0.2) is 24.7 Å². The molecule has 4 aliphatic rings. The van der Waals surface area contributed by atoms with Crippen molar-refractivity contribution in [3.8, 4) is 5.75 Å². The number of H-pyrrole nitrogens is 1. The Kier molecular flexibility index (Phi) is 5.37. The zero-order valence-electron chi connectivity index (χ0n) is 18.2. The van der Waals surface area contributed by atoms with E-state index in [1.807, 2.05) is 0 Å². The number of benzene rings is 1. The summed E-state index contributed by atoms with van der Waals surface area (Å²) >= 11 is 0. The molecule has 0 spiro atoms. The van der Waals surface area contributed by atoms with Crippen molar-refractivity contribution in [2.45, 2.75) is 56.5 Å². The minimum absolute atomic E-state index is 0.0365. The highest BCUT2D eigenvalue weighted by Crippen LogP contribution is 2.63. The zero-order chi connectivity index (χ0) is 25.4. The molecule has 192 valence electrons. The number of phenols is 1. The summed E-state index contributed by atoms with van der Waals surface area (Å²) in [6.45, 7) is -1.57. The smallest absolute Gasteiger partial charge is 0.507 e. The second-order valence-corrected chi connectivity index (χ2v) is 11.5. The lowest BCUT2D eigenvalue weighted by Crippen LogP contribution is -2.56. The fraction of sp³-hybridized carbons (Fsp3) is 0.571. The molecule has 1 unspecified atom stereocenters. The van der Waals surface area contributed by atoms with E-state index >= 15 is 0 Å². The second kappa shape index (κ2) is 7.76. The van der Waals surface area contributed by atoms with Crippen molar-refractivity contribution >= 4 is 15.7 Å². The quantitative estimate of drug-likeness (QED) is 0.581. The monoisotopic (exact) mass is 524 g/mol. The normalized spacial score (nSPS) is 27.4. The van der Waals surface area contributed by atoms with Crippen LogP contribution >= 0.6 is 0 Å². The number of halogens is 6. The first-order valence-corrected chi connectivity index (χ1v) is 12.4. The van der Waals surface area contributed by atoms with Crippen LogP contribution in [0, 0.1) is 11.3 Å². The Morgan fingerprint density at radius 1 is 1.17 bits per heavy atom. The van der Waals surface area contributed by atoms with Gasteiger partial charge in [0.2, 0.25) is 0 Å². The molecular formula is C21H22F6N4O3S. The van der Waals surface area contributed by atoms with Crippen molar-refractivity contribution < 1.29 is 39.9 Å². The van der Waals surface area contributed by atoms with E-state index < -0.39 is 63.1 Å². The van der Waals surface area contributed by atoms with Crippen LogP contribution in [0.1, 0.15) is 42.5 Å². The minimum Gasteiger partial charge on any atom is -0.507 e. The van der Waals surface area contributed by atoms with Crippen LogP contribution in [0.2, 0.25) is 0 Å². The molecule has 3 fully saturated rings. The number of hydrogen-bond donors (Lipinski definition) is 2. The van der Waals surface area contributed by atoms with Crippen LogP contribution < -0.4 is 4.90 Å². The van der Waals surface area contributed by atoms with E-state index in [1.165, 1.54) is 12.5 Å². The molecule has 0 saturated heterocycles. The maximum absolute atomic E-state index is 13.6. The Morgan fingerprint density at radius 3 is 2.43 bits per heavy atom. The number of aromatic nitrogens is 2. The van der Waals surface area contributed by atoms with Gasteiger partial charge in [-0.3, -0.25) is 0 Å². The summed E-state index contributed by atoms with van der Waals surface area (Å²) in [4.78, 5) is 8.45. The zero-order valence-corrected chi connectivity index (χ0v) is 19.0. The predicted molar refractivity (Wildman–Crippen MR) is 111 cm³/mol. The number of phenolic OH excluding ortho intramolecular Hbond substituents is 1. The van der Waals surface area contributed by atoms with Gasteiger partial charge in [0, 0.05) is 36.6 Å². The van der Waals surface area contributed by atoms with Crippen molar-refractivity contribution in [2.24, 2.45) is 11.3 Å². The van der Waals surface area contributed by atoms with Crippen LogP contribution in [0.25, 0.3) is 0 Å². The highest BCUT2D eigenvalue weighted by Gasteiger charge is 2.59. The summed E-state index contributed by atoms with van der Waals surface area (Å²) in [5, 5.41) is 10.6. The van der Waals surface area contributed by atoms with Crippen molar-refractivity contribution in [3.05, 3.63) is 41.5 Å². The average Bonchev–Trinajstić information content (AvgIpc) is 3.44. The van der Waals surface area contributed by atoms with Crippen molar-refractivity contribution in [1.82, 2.24) is 14.3 Å². The van der Waals surface area contributed by atoms with E-state index in [4.69, 9.17) is 0 Å². The number of aromatic amines is 1. The number of aromatic hydroxyl groups is 1. The third-order valence-electron chi connectivity index (χ3n) is 7.64. The van der Waals surface area contributed by atoms with Gasteiger partial charge in [-0.15, -0.1) is 0 Å². The lowest BCUT2D eigenvalue weighted by molar-refractivity contribution is -0.138. The van der Waals surface area contributed by atoms with Crippen LogP contribution in [0.5, 0.6) is 5.75 Å². The highest BCUT2D eigenvalue weighted by molar-refractivity contribution is 7.89. The molecule has 1 aliphatic heterocycles. The summed E-state index contributed by atoms with van der Waals surface area (Å²) in [6, 6.07) is 1.03. The highest BCUT2D eigenvalue weighted by atomic mass is 32.2. The molecule has 0 amide bonds. The van der Waals surface area contributed by atoms with E-state index in [0.717, 1.165) is 12.5 Å². The summed E-state index contributed by atoms with van der Waals surface area (Å²) in [7, 11) is -5.89. The van der Waals surface area contributed by atoms with Crippen molar-refractivity contribution in [3.63, 3.8) is 0 Å². The maximum atomic E-state index is 13.6. The molecule has 14 heteroatoms. The van der Waals surface area contributed by atoms with Crippen LogP contribution in [-0.4, -0.2) is 45.9 Å². The predicted octanol–water partition coefficient (Wildman–Crippen LogP) is 4.36. The van der Waals surface area contributed by atoms with Crippen LogP contribution in [0.4, 0.5) is 32.0 Å². The Bertz CT molecular complexity index is 1220. The van der Waals surface area contributed by atoms with Gasteiger partial charge in [-0.05, 0) is 49.1 Å². The average molecular weight is 524 g/mol. The van der Waals surface area contributed by atoms with Gasteiger partial charge in [-0.2, -0.15) is 30.6 Å². The molecule has 1 aromatic carbocycles. The molecule has 1 atom stereocenters. The fourth-order valence-corrected chi connectivity index (χ4v) is 6.94. The van der Waals surface area contributed by atoms with Gasteiger partial charge in [0.15, 0.2) is 0 Å². The molecule has 3 saturated carbocycles. The Hall–Kier alpha value is -2.48. The van der Waals surface area contributed by atoms with Gasteiger partial charge in [-0.1, -0.05) is 0 Å². The number of anilines is 1. The van der Waals surface area contributed by atoms with Gasteiger partial charge in [0.1, 0.15) is 5.75 Å². The topological polar surface area (TPSA) is 89.5 Å². The SMILES string of the molecule is O=S(=O)(N1Cc2c(ccc(C(F)(F)F)c2O)N(Cc2cnc[nH]2)C(C23CCC(C2)C3)C1)C(F)(F)F. The first-order chi connectivity index (χ1) is 16.2. The molecule has 2 bridgehead atoms. The van der Waals surface area contributed by atoms with Gasteiger partial charge in [-0.25, -0.2) is 13.4 Å². The van der Waals surface area contributed by atoms with Crippen LogP contribution in [-0.2, 0) is 29.3 Å². The number of alkyl halides is 6. The molecule has 1 aromatic heterocycles. The summed E-state index contributed by atoms with van der Waals surface area (Å²) in [5.74, 6) is -0.886. The van der Waals surface area contributed by atoms with Gasteiger partial charge < -0.3 is 15.0 Å². The standard InChI is InChI=1S/C21H22F6N4O3S/c22-20(23,24)15-1-2-16-14(18(15)32)9-30(35(33,34)21(25,26)27)10-17(19-4-3-12(5-19)6-19)31(16)8-13-7-28-11-29-13/h1-2,7,11-12,17,32H,3-6,8-10H2,(H,28,29).